The molecule has 1 heterocycles. The highest BCUT2D eigenvalue weighted by Gasteiger charge is 2.30. The number of benzene rings is 1. The highest BCUT2D eigenvalue weighted by Crippen LogP contribution is 2.17. The predicted molar refractivity (Wildman–Crippen MR) is 86.9 cm³/mol. The second-order valence-corrected chi connectivity index (χ2v) is 6.14. The normalized spacial score (nSPS) is 13.9. The summed E-state index contributed by atoms with van der Waals surface area (Å²) in [6.45, 7) is 7.27. The summed E-state index contributed by atoms with van der Waals surface area (Å²) in [4.78, 5) is 16.7. The molecule has 22 heavy (non-hydrogen) atoms. The third-order valence-corrected chi connectivity index (χ3v) is 3.62. The largest absolute Gasteiger partial charge is 0.347 e. The molecule has 0 bridgehead atoms. The van der Waals surface area contributed by atoms with Crippen molar-refractivity contribution in [1.82, 2.24) is 14.9 Å². The van der Waals surface area contributed by atoms with Crippen molar-refractivity contribution in [3.05, 3.63) is 54.1 Å². The summed E-state index contributed by atoms with van der Waals surface area (Å²) in [7, 11) is 0. The van der Waals surface area contributed by atoms with Crippen LogP contribution in [-0.2, 0) is 23.4 Å². The Morgan fingerprint density at radius 1 is 1.36 bits per heavy atom. The van der Waals surface area contributed by atoms with E-state index in [0.717, 1.165) is 17.9 Å². The smallest absolute Gasteiger partial charge is 0.244 e. The van der Waals surface area contributed by atoms with Gasteiger partial charge in [0.2, 0.25) is 5.91 Å². The third-order valence-electron chi connectivity index (χ3n) is 3.62. The van der Waals surface area contributed by atoms with Crippen molar-refractivity contribution in [3.8, 4) is 0 Å². The molecular formula is C17H24N4O. The standard InChI is InChI=1S/C17H24N4O/c1-13(2)12-21-10-9-19-15(21)11-20-16(22)17(3,18)14-7-5-4-6-8-14/h4-10,13H,11-12,18H2,1-3H3,(H,20,22). The van der Waals surface area contributed by atoms with E-state index in [1.807, 2.05) is 36.5 Å². The first-order chi connectivity index (χ1) is 10.4. The number of imidazole rings is 1. The molecule has 1 unspecified atom stereocenters. The number of hydrogen-bond acceptors (Lipinski definition) is 3. The fourth-order valence-electron chi connectivity index (χ4n) is 2.33. The Hall–Kier alpha value is -2.14. The molecule has 0 aliphatic rings. The summed E-state index contributed by atoms with van der Waals surface area (Å²) in [5.74, 6) is 1.15. The first-order valence-corrected chi connectivity index (χ1v) is 7.54. The maximum Gasteiger partial charge on any atom is 0.244 e. The lowest BCUT2D eigenvalue weighted by Crippen LogP contribution is -2.48. The fourth-order valence-corrected chi connectivity index (χ4v) is 2.33. The van der Waals surface area contributed by atoms with Crippen LogP contribution in [-0.4, -0.2) is 15.5 Å². The monoisotopic (exact) mass is 300 g/mol. The molecule has 1 atom stereocenters. The van der Waals surface area contributed by atoms with Gasteiger partial charge < -0.3 is 15.6 Å². The van der Waals surface area contributed by atoms with E-state index in [1.54, 1.807) is 13.1 Å². The third kappa shape index (κ3) is 3.74. The van der Waals surface area contributed by atoms with Gasteiger partial charge in [-0.2, -0.15) is 0 Å². The van der Waals surface area contributed by atoms with Crippen molar-refractivity contribution in [1.29, 1.82) is 0 Å². The van der Waals surface area contributed by atoms with Gasteiger partial charge in [-0.25, -0.2) is 4.98 Å². The second-order valence-electron chi connectivity index (χ2n) is 6.14. The van der Waals surface area contributed by atoms with Crippen LogP contribution in [0, 0.1) is 5.92 Å². The first-order valence-electron chi connectivity index (χ1n) is 7.54. The van der Waals surface area contributed by atoms with Gasteiger partial charge >= 0.3 is 0 Å². The van der Waals surface area contributed by atoms with Gasteiger partial charge in [0.1, 0.15) is 11.4 Å². The number of hydrogen-bond donors (Lipinski definition) is 2. The Labute approximate surface area is 131 Å². The number of nitrogens with two attached hydrogens (primary N) is 1. The molecular weight excluding hydrogens is 276 g/mol. The van der Waals surface area contributed by atoms with Crippen LogP contribution in [0.4, 0.5) is 0 Å². The lowest BCUT2D eigenvalue weighted by atomic mass is 9.92. The van der Waals surface area contributed by atoms with E-state index in [0.29, 0.717) is 12.5 Å². The number of aromatic nitrogens is 2. The molecule has 118 valence electrons. The van der Waals surface area contributed by atoms with Gasteiger partial charge in [0.25, 0.3) is 0 Å². The number of amides is 1. The van der Waals surface area contributed by atoms with Crippen molar-refractivity contribution in [2.45, 2.75) is 39.4 Å². The Bertz CT molecular complexity index is 617. The minimum atomic E-state index is -1.06. The van der Waals surface area contributed by atoms with Gasteiger partial charge in [-0.1, -0.05) is 44.2 Å². The van der Waals surface area contributed by atoms with Gasteiger partial charge in [-0.15, -0.1) is 0 Å². The van der Waals surface area contributed by atoms with E-state index >= 15 is 0 Å². The second kappa shape index (κ2) is 6.75. The average molecular weight is 300 g/mol. The maximum atomic E-state index is 12.4. The highest BCUT2D eigenvalue weighted by molar-refractivity contribution is 5.86. The Morgan fingerprint density at radius 3 is 2.68 bits per heavy atom. The van der Waals surface area contributed by atoms with Gasteiger partial charge in [0.05, 0.1) is 6.54 Å². The van der Waals surface area contributed by atoms with Crippen molar-refractivity contribution in [2.24, 2.45) is 11.7 Å². The molecule has 3 N–H and O–H groups in total. The van der Waals surface area contributed by atoms with Crippen molar-refractivity contribution in [2.75, 3.05) is 0 Å². The van der Waals surface area contributed by atoms with Crippen LogP contribution >= 0.6 is 0 Å². The zero-order valence-electron chi connectivity index (χ0n) is 13.4. The highest BCUT2D eigenvalue weighted by atomic mass is 16.2. The zero-order chi connectivity index (χ0) is 16.2. The molecule has 0 radical (unpaired) electrons. The van der Waals surface area contributed by atoms with E-state index in [-0.39, 0.29) is 5.91 Å². The number of rotatable bonds is 6. The van der Waals surface area contributed by atoms with Crippen LogP contribution in [0.2, 0.25) is 0 Å². The Morgan fingerprint density at radius 2 is 2.05 bits per heavy atom. The van der Waals surface area contributed by atoms with Crippen LogP contribution in [0.1, 0.15) is 32.2 Å². The van der Waals surface area contributed by atoms with E-state index < -0.39 is 5.54 Å². The molecule has 1 aromatic carbocycles. The molecule has 0 aliphatic heterocycles. The van der Waals surface area contributed by atoms with Gasteiger partial charge in [0.15, 0.2) is 0 Å². The summed E-state index contributed by atoms with van der Waals surface area (Å²) in [5.41, 5.74) is 5.93. The Balaban J connectivity index is 2.03. The minimum Gasteiger partial charge on any atom is -0.347 e. The van der Waals surface area contributed by atoms with Crippen LogP contribution in [0.25, 0.3) is 0 Å². The summed E-state index contributed by atoms with van der Waals surface area (Å²) in [5, 5.41) is 2.89. The molecule has 1 aromatic heterocycles. The van der Waals surface area contributed by atoms with Crippen molar-refractivity contribution < 1.29 is 4.79 Å². The van der Waals surface area contributed by atoms with Gasteiger partial charge in [-0.3, -0.25) is 4.79 Å². The van der Waals surface area contributed by atoms with Crippen LogP contribution in [0.5, 0.6) is 0 Å². The molecule has 2 aromatic rings. The molecule has 0 aliphatic carbocycles. The van der Waals surface area contributed by atoms with Crippen LogP contribution in [0.3, 0.4) is 0 Å². The van der Waals surface area contributed by atoms with E-state index in [1.165, 1.54) is 0 Å². The zero-order valence-corrected chi connectivity index (χ0v) is 13.4. The summed E-state index contributed by atoms with van der Waals surface area (Å²) in [6, 6.07) is 9.38. The molecule has 2 rings (SSSR count). The first kappa shape index (κ1) is 16.2. The molecule has 0 fully saturated rings. The van der Waals surface area contributed by atoms with Gasteiger partial charge in [-0.05, 0) is 18.4 Å². The van der Waals surface area contributed by atoms with E-state index in [2.05, 4.69) is 28.7 Å². The molecule has 0 saturated heterocycles. The predicted octanol–water partition coefficient (Wildman–Crippen LogP) is 2.03. The average Bonchev–Trinajstić information content (AvgIpc) is 2.92. The Kier molecular flexibility index (Phi) is 4.98. The molecule has 5 heteroatoms. The molecule has 0 spiro atoms. The molecule has 5 nitrogen and oxygen atoms in total. The van der Waals surface area contributed by atoms with E-state index in [4.69, 9.17) is 5.73 Å². The lowest BCUT2D eigenvalue weighted by molar-refractivity contribution is -0.126. The van der Waals surface area contributed by atoms with Crippen LogP contribution < -0.4 is 11.1 Å². The number of nitrogens with zero attached hydrogens (tertiary/aromatic N) is 2. The van der Waals surface area contributed by atoms with E-state index in [9.17, 15) is 4.79 Å². The molecule has 0 saturated carbocycles. The minimum absolute atomic E-state index is 0.210. The van der Waals surface area contributed by atoms with Crippen LogP contribution in [0.15, 0.2) is 42.7 Å². The summed E-state index contributed by atoms with van der Waals surface area (Å²) < 4.78 is 2.06. The number of nitrogens with one attached hydrogen (secondary N) is 1. The maximum absolute atomic E-state index is 12.4. The van der Waals surface area contributed by atoms with Gasteiger partial charge in [0, 0.05) is 18.9 Å². The van der Waals surface area contributed by atoms with Crippen molar-refractivity contribution >= 4 is 5.91 Å². The summed E-state index contributed by atoms with van der Waals surface area (Å²) in [6.07, 6.45) is 3.68. The summed E-state index contributed by atoms with van der Waals surface area (Å²) >= 11 is 0. The lowest BCUT2D eigenvalue weighted by Gasteiger charge is -2.24. The number of carbonyl (C=O) groups is 1. The fraction of sp³-hybridized carbons (Fsp3) is 0.412. The topological polar surface area (TPSA) is 72.9 Å². The quantitative estimate of drug-likeness (QED) is 0.857. The molecule has 1 amide bonds. The number of carbonyl (C=O) groups excluding carboxylic acids is 1. The van der Waals surface area contributed by atoms with Crippen molar-refractivity contribution in [3.63, 3.8) is 0 Å². The SMILES string of the molecule is CC(C)Cn1ccnc1CNC(=O)C(C)(N)c1ccccc1.